The quantitative estimate of drug-likeness (QED) is 0.843. The number of aryl methyl sites for hydroxylation is 1. The predicted molar refractivity (Wildman–Crippen MR) is 67.2 cm³/mol. The van der Waals surface area contributed by atoms with Gasteiger partial charge in [0.15, 0.2) is 0 Å². The number of hydrogen-bond acceptors (Lipinski definition) is 2. The summed E-state index contributed by atoms with van der Waals surface area (Å²) < 4.78 is 0. The van der Waals surface area contributed by atoms with E-state index < -0.39 is 0 Å². The summed E-state index contributed by atoms with van der Waals surface area (Å²) in [5.74, 6) is 0.926. The maximum Gasteiger partial charge on any atom is 0.0570 e. The van der Waals surface area contributed by atoms with Crippen molar-refractivity contribution in [2.24, 2.45) is 5.92 Å². The molecule has 0 bridgehead atoms. The van der Waals surface area contributed by atoms with Crippen molar-refractivity contribution >= 4 is 0 Å². The van der Waals surface area contributed by atoms with Gasteiger partial charge in [-0.05, 0) is 50.2 Å². The summed E-state index contributed by atoms with van der Waals surface area (Å²) in [4.78, 5) is 4.42. The molecule has 0 amide bonds. The van der Waals surface area contributed by atoms with Gasteiger partial charge in [-0.2, -0.15) is 0 Å². The van der Waals surface area contributed by atoms with Crippen molar-refractivity contribution in [1.29, 1.82) is 0 Å². The van der Waals surface area contributed by atoms with E-state index in [-0.39, 0.29) is 0 Å². The summed E-state index contributed by atoms with van der Waals surface area (Å²) in [5, 5.41) is 3.64. The number of nitrogens with zero attached hydrogens (tertiary/aromatic N) is 1. The molecule has 1 N–H and O–H groups in total. The van der Waals surface area contributed by atoms with Crippen LogP contribution < -0.4 is 5.32 Å². The van der Waals surface area contributed by atoms with Crippen LogP contribution in [0.15, 0.2) is 18.3 Å². The lowest BCUT2D eigenvalue weighted by Crippen LogP contribution is -2.32. The van der Waals surface area contributed by atoms with Crippen LogP contribution in [-0.2, 0) is 6.54 Å². The Morgan fingerprint density at radius 2 is 2.06 bits per heavy atom. The lowest BCUT2D eigenvalue weighted by molar-refractivity contribution is 0.305. The zero-order chi connectivity index (χ0) is 11.4. The molecule has 1 aliphatic rings. The lowest BCUT2D eigenvalue weighted by atomic mass is 9.87. The normalized spacial score (nSPS) is 25.6. The van der Waals surface area contributed by atoms with Crippen molar-refractivity contribution in [2.75, 3.05) is 0 Å². The Kier molecular flexibility index (Phi) is 3.94. The lowest BCUT2D eigenvalue weighted by Gasteiger charge is -2.27. The Bertz CT molecular complexity index is 327. The van der Waals surface area contributed by atoms with Crippen molar-refractivity contribution in [3.8, 4) is 0 Å². The van der Waals surface area contributed by atoms with E-state index in [4.69, 9.17) is 0 Å². The van der Waals surface area contributed by atoms with Crippen molar-refractivity contribution in [3.63, 3.8) is 0 Å². The second-order valence-electron chi connectivity index (χ2n) is 5.10. The van der Waals surface area contributed by atoms with Gasteiger partial charge in [-0.25, -0.2) is 0 Å². The molecule has 0 aromatic carbocycles. The Labute approximate surface area is 98.5 Å². The third kappa shape index (κ3) is 3.05. The first-order chi connectivity index (χ1) is 7.75. The van der Waals surface area contributed by atoms with Gasteiger partial charge in [0.2, 0.25) is 0 Å². The van der Waals surface area contributed by atoms with Gasteiger partial charge in [0.1, 0.15) is 0 Å². The molecular weight excluding hydrogens is 196 g/mol. The molecule has 0 unspecified atom stereocenters. The van der Waals surface area contributed by atoms with Crippen molar-refractivity contribution in [3.05, 3.63) is 29.6 Å². The molecule has 16 heavy (non-hydrogen) atoms. The van der Waals surface area contributed by atoms with Crippen LogP contribution in [0.25, 0.3) is 0 Å². The van der Waals surface area contributed by atoms with E-state index in [1.165, 1.54) is 36.9 Å². The SMILES string of the molecule is Cc1cccnc1CNC1CCC(C)CC1. The number of hydrogen-bond donors (Lipinski definition) is 1. The topological polar surface area (TPSA) is 24.9 Å². The second-order valence-corrected chi connectivity index (χ2v) is 5.10. The zero-order valence-corrected chi connectivity index (χ0v) is 10.4. The van der Waals surface area contributed by atoms with Crippen molar-refractivity contribution < 1.29 is 0 Å². The van der Waals surface area contributed by atoms with Crippen LogP contribution in [-0.4, -0.2) is 11.0 Å². The Balaban J connectivity index is 1.81. The van der Waals surface area contributed by atoms with E-state index in [2.05, 4.69) is 30.2 Å². The first-order valence-electron chi connectivity index (χ1n) is 6.39. The van der Waals surface area contributed by atoms with E-state index in [0.717, 1.165) is 12.5 Å². The highest BCUT2D eigenvalue weighted by Gasteiger charge is 2.17. The number of rotatable bonds is 3. The molecule has 1 aliphatic carbocycles. The Morgan fingerprint density at radius 1 is 1.31 bits per heavy atom. The molecule has 1 fully saturated rings. The molecule has 1 aromatic rings. The molecule has 0 saturated heterocycles. The van der Waals surface area contributed by atoms with Gasteiger partial charge < -0.3 is 5.32 Å². The molecule has 1 aromatic heterocycles. The van der Waals surface area contributed by atoms with Crippen LogP contribution in [0.4, 0.5) is 0 Å². The second kappa shape index (κ2) is 5.44. The molecule has 0 atom stereocenters. The van der Waals surface area contributed by atoms with Crippen LogP contribution in [0.2, 0.25) is 0 Å². The smallest absolute Gasteiger partial charge is 0.0570 e. The van der Waals surface area contributed by atoms with Gasteiger partial charge in [0.25, 0.3) is 0 Å². The van der Waals surface area contributed by atoms with Gasteiger partial charge in [-0.1, -0.05) is 13.0 Å². The van der Waals surface area contributed by atoms with Crippen molar-refractivity contribution in [1.82, 2.24) is 10.3 Å². The molecule has 88 valence electrons. The first kappa shape index (κ1) is 11.6. The van der Waals surface area contributed by atoms with Gasteiger partial charge in [0.05, 0.1) is 5.69 Å². The maximum absolute atomic E-state index is 4.42. The van der Waals surface area contributed by atoms with Crippen LogP contribution in [0, 0.1) is 12.8 Å². The van der Waals surface area contributed by atoms with Gasteiger partial charge in [0, 0.05) is 18.8 Å². The molecule has 2 heteroatoms. The Hall–Kier alpha value is -0.890. The van der Waals surface area contributed by atoms with E-state index in [9.17, 15) is 0 Å². The van der Waals surface area contributed by atoms with Crippen LogP contribution in [0.3, 0.4) is 0 Å². The van der Waals surface area contributed by atoms with Gasteiger partial charge in [-0.3, -0.25) is 4.98 Å². The fourth-order valence-electron chi connectivity index (χ4n) is 2.41. The number of nitrogens with one attached hydrogen (secondary N) is 1. The fraction of sp³-hybridized carbons (Fsp3) is 0.643. The van der Waals surface area contributed by atoms with E-state index in [1.807, 2.05) is 12.3 Å². The summed E-state index contributed by atoms with van der Waals surface area (Å²) in [6.45, 7) is 5.41. The van der Waals surface area contributed by atoms with E-state index >= 15 is 0 Å². The molecular formula is C14H22N2. The molecule has 0 aliphatic heterocycles. The van der Waals surface area contributed by atoms with Crippen LogP contribution in [0.5, 0.6) is 0 Å². The number of aromatic nitrogens is 1. The third-order valence-corrected chi connectivity index (χ3v) is 3.69. The third-order valence-electron chi connectivity index (χ3n) is 3.69. The summed E-state index contributed by atoms with van der Waals surface area (Å²) >= 11 is 0. The fourth-order valence-corrected chi connectivity index (χ4v) is 2.41. The minimum Gasteiger partial charge on any atom is -0.308 e. The highest BCUT2D eigenvalue weighted by Crippen LogP contribution is 2.23. The molecule has 0 spiro atoms. The molecule has 2 nitrogen and oxygen atoms in total. The molecule has 2 rings (SSSR count). The van der Waals surface area contributed by atoms with E-state index in [0.29, 0.717) is 6.04 Å². The van der Waals surface area contributed by atoms with Gasteiger partial charge in [-0.15, -0.1) is 0 Å². The molecule has 1 saturated carbocycles. The number of pyridine rings is 1. The van der Waals surface area contributed by atoms with Gasteiger partial charge >= 0.3 is 0 Å². The monoisotopic (exact) mass is 218 g/mol. The summed E-state index contributed by atoms with van der Waals surface area (Å²) in [7, 11) is 0. The average Bonchev–Trinajstić information content (AvgIpc) is 2.30. The largest absolute Gasteiger partial charge is 0.308 e. The van der Waals surface area contributed by atoms with E-state index in [1.54, 1.807) is 0 Å². The highest BCUT2D eigenvalue weighted by atomic mass is 14.9. The first-order valence-corrected chi connectivity index (χ1v) is 6.39. The minimum atomic E-state index is 0.706. The predicted octanol–water partition coefficient (Wildman–Crippen LogP) is 3.06. The Morgan fingerprint density at radius 3 is 2.75 bits per heavy atom. The minimum absolute atomic E-state index is 0.706. The zero-order valence-electron chi connectivity index (χ0n) is 10.4. The molecule has 0 radical (unpaired) electrons. The summed E-state index contributed by atoms with van der Waals surface area (Å²) in [5.41, 5.74) is 2.49. The molecule has 1 heterocycles. The van der Waals surface area contributed by atoms with Crippen LogP contribution in [0.1, 0.15) is 43.9 Å². The van der Waals surface area contributed by atoms with Crippen LogP contribution >= 0.6 is 0 Å². The summed E-state index contributed by atoms with van der Waals surface area (Å²) in [6.07, 6.45) is 7.28. The highest BCUT2D eigenvalue weighted by molar-refractivity contribution is 5.17. The summed E-state index contributed by atoms with van der Waals surface area (Å²) in [6, 6.07) is 4.84. The van der Waals surface area contributed by atoms with Crippen molar-refractivity contribution in [2.45, 2.75) is 52.1 Å². The average molecular weight is 218 g/mol. The standard InChI is InChI=1S/C14H22N2/c1-11-5-7-13(8-6-11)16-10-14-12(2)4-3-9-15-14/h3-4,9,11,13,16H,5-8,10H2,1-2H3. The maximum atomic E-state index is 4.42.